The third kappa shape index (κ3) is 4.45. The molecule has 1 aliphatic heterocycles. The molecule has 130 valence electrons. The average Bonchev–Trinajstić information content (AvgIpc) is 3.26. The molecular formula is C17H28N2O4. The van der Waals surface area contributed by atoms with E-state index >= 15 is 0 Å². The highest BCUT2D eigenvalue weighted by atomic mass is 16.4. The second-order valence-corrected chi connectivity index (χ2v) is 6.66. The van der Waals surface area contributed by atoms with Crippen molar-refractivity contribution >= 4 is 17.8 Å². The summed E-state index contributed by atoms with van der Waals surface area (Å²) in [5.74, 6) is -0.514. The fraction of sp³-hybridized carbons (Fsp3) is 0.824. The highest BCUT2D eigenvalue weighted by Gasteiger charge is 2.46. The van der Waals surface area contributed by atoms with Crippen molar-refractivity contribution in [3.05, 3.63) is 0 Å². The lowest BCUT2D eigenvalue weighted by Crippen LogP contribution is -2.32. The molecule has 1 saturated carbocycles. The van der Waals surface area contributed by atoms with Crippen molar-refractivity contribution in [2.24, 2.45) is 17.8 Å². The number of rotatable bonds is 8. The summed E-state index contributed by atoms with van der Waals surface area (Å²) in [7, 11) is 0. The minimum absolute atomic E-state index is 0.00764. The van der Waals surface area contributed by atoms with E-state index in [1.807, 2.05) is 13.8 Å². The number of amides is 2. The lowest BCUT2D eigenvalue weighted by atomic mass is 9.92. The molecule has 0 aromatic carbocycles. The summed E-state index contributed by atoms with van der Waals surface area (Å²) in [6.45, 7) is 6.18. The van der Waals surface area contributed by atoms with Gasteiger partial charge in [-0.05, 0) is 44.9 Å². The minimum Gasteiger partial charge on any atom is -0.481 e. The van der Waals surface area contributed by atoms with Gasteiger partial charge in [-0.15, -0.1) is 0 Å². The fourth-order valence-corrected chi connectivity index (χ4v) is 3.58. The predicted molar refractivity (Wildman–Crippen MR) is 85.7 cm³/mol. The van der Waals surface area contributed by atoms with Gasteiger partial charge in [-0.3, -0.25) is 14.4 Å². The van der Waals surface area contributed by atoms with E-state index in [0.29, 0.717) is 51.4 Å². The molecule has 2 atom stereocenters. The van der Waals surface area contributed by atoms with Gasteiger partial charge in [-0.25, -0.2) is 0 Å². The quantitative estimate of drug-likeness (QED) is 0.735. The molecule has 23 heavy (non-hydrogen) atoms. The Morgan fingerprint density at radius 2 is 1.74 bits per heavy atom. The zero-order valence-electron chi connectivity index (χ0n) is 14.2. The Morgan fingerprint density at radius 3 is 2.26 bits per heavy atom. The van der Waals surface area contributed by atoms with Crippen LogP contribution in [0.5, 0.6) is 0 Å². The van der Waals surface area contributed by atoms with E-state index in [-0.39, 0.29) is 17.7 Å². The molecule has 0 bridgehead atoms. The van der Waals surface area contributed by atoms with E-state index in [9.17, 15) is 19.5 Å². The summed E-state index contributed by atoms with van der Waals surface area (Å²) in [5, 5.41) is 9.34. The Morgan fingerprint density at radius 1 is 1.09 bits per heavy atom. The first-order valence-electron chi connectivity index (χ1n) is 8.76. The second-order valence-electron chi connectivity index (χ2n) is 6.66. The van der Waals surface area contributed by atoms with Crippen LogP contribution in [0, 0.1) is 17.8 Å². The second kappa shape index (κ2) is 7.79. The monoisotopic (exact) mass is 324 g/mol. The zero-order chi connectivity index (χ0) is 17.0. The SMILES string of the molecule is CCN(CC)C(=O)CCCC(=O)N1C[C@H](C(=O)O)[C@@H](C2CC2)C1. The fourth-order valence-electron chi connectivity index (χ4n) is 3.58. The average molecular weight is 324 g/mol. The van der Waals surface area contributed by atoms with Crippen LogP contribution < -0.4 is 0 Å². The number of carboxylic acid groups (broad SMARTS) is 1. The van der Waals surface area contributed by atoms with Crippen molar-refractivity contribution < 1.29 is 19.5 Å². The maximum absolute atomic E-state index is 12.3. The lowest BCUT2D eigenvalue weighted by Gasteiger charge is -2.19. The molecule has 1 aliphatic carbocycles. The van der Waals surface area contributed by atoms with Crippen LogP contribution in [0.15, 0.2) is 0 Å². The van der Waals surface area contributed by atoms with Crippen molar-refractivity contribution in [1.29, 1.82) is 0 Å². The normalized spacial score (nSPS) is 23.8. The van der Waals surface area contributed by atoms with Gasteiger partial charge in [0.25, 0.3) is 0 Å². The van der Waals surface area contributed by atoms with Gasteiger partial charge in [0.2, 0.25) is 11.8 Å². The van der Waals surface area contributed by atoms with Crippen molar-refractivity contribution in [1.82, 2.24) is 9.80 Å². The van der Waals surface area contributed by atoms with Gasteiger partial charge in [-0.1, -0.05) is 0 Å². The standard InChI is InChI=1S/C17H28N2O4/c1-3-18(4-2)15(20)6-5-7-16(21)19-10-13(12-8-9-12)14(11-19)17(22)23/h12-14H,3-11H2,1-2H3,(H,22,23)/t13-,14+/m1/s1. The van der Waals surface area contributed by atoms with Gasteiger partial charge in [0.05, 0.1) is 5.92 Å². The summed E-state index contributed by atoms with van der Waals surface area (Å²) in [6, 6.07) is 0. The number of hydrogen-bond donors (Lipinski definition) is 1. The molecule has 2 amide bonds. The number of nitrogens with zero attached hydrogens (tertiary/aromatic N) is 2. The molecule has 6 heteroatoms. The summed E-state index contributed by atoms with van der Waals surface area (Å²) >= 11 is 0. The molecule has 0 aromatic rings. The van der Waals surface area contributed by atoms with Gasteiger partial charge in [-0.2, -0.15) is 0 Å². The number of aliphatic carboxylic acids is 1. The topological polar surface area (TPSA) is 77.9 Å². The van der Waals surface area contributed by atoms with Gasteiger partial charge >= 0.3 is 5.97 Å². The number of carboxylic acids is 1. The van der Waals surface area contributed by atoms with E-state index in [1.54, 1.807) is 9.80 Å². The van der Waals surface area contributed by atoms with Crippen LogP contribution >= 0.6 is 0 Å². The Labute approximate surface area is 137 Å². The summed E-state index contributed by atoms with van der Waals surface area (Å²) in [4.78, 5) is 39.1. The highest BCUT2D eigenvalue weighted by Crippen LogP contribution is 2.44. The van der Waals surface area contributed by atoms with Crippen molar-refractivity contribution in [3.8, 4) is 0 Å². The van der Waals surface area contributed by atoms with Crippen LogP contribution in [-0.2, 0) is 14.4 Å². The number of hydrogen-bond acceptors (Lipinski definition) is 3. The maximum Gasteiger partial charge on any atom is 0.308 e. The molecular weight excluding hydrogens is 296 g/mol. The van der Waals surface area contributed by atoms with Crippen molar-refractivity contribution in [3.63, 3.8) is 0 Å². The Hall–Kier alpha value is -1.59. The first-order chi connectivity index (χ1) is 11.0. The van der Waals surface area contributed by atoms with Crippen LogP contribution in [0.4, 0.5) is 0 Å². The molecule has 0 radical (unpaired) electrons. The van der Waals surface area contributed by atoms with E-state index in [2.05, 4.69) is 0 Å². The van der Waals surface area contributed by atoms with Crippen LogP contribution in [0.25, 0.3) is 0 Å². The van der Waals surface area contributed by atoms with Gasteiger partial charge in [0, 0.05) is 39.0 Å². The van der Waals surface area contributed by atoms with Crippen molar-refractivity contribution in [2.75, 3.05) is 26.2 Å². The first kappa shape index (κ1) is 17.8. The van der Waals surface area contributed by atoms with Crippen LogP contribution in [0.3, 0.4) is 0 Å². The highest BCUT2D eigenvalue weighted by molar-refractivity contribution is 5.80. The molecule has 1 N–H and O–H groups in total. The third-order valence-corrected chi connectivity index (χ3v) is 5.16. The van der Waals surface area contributed by atoms with E-state index < -0.39 is 11.9 Å². The van der Waals surface area contributed by atoms with Crippen molar-refractivity contribution in [2.45, 2.75) is 46.0 Å². The Bertz CT molecular complexity index is 458. The summed E-state index contributed by atoms with van der Waals surface area (Å²) < 4.78 is 0. The molecule has 1 heterocycles. The van der Waals surface area contributed by atoms with Crippen LogP contribution in [-0.4, -0.2) is 58.9 Å². The predicted octanol–water partition coefficient (Wildman–Crippen LogP) is 1.59. The number of likely N-dealkylation sites (tertiary alicyclic amines) is 1. The number of carbonyl (C=O) groups is 3. The minimum atomic E-state index is -0.783. The van der Waals surface area contributed by atoms with E-state index in [1.165, 1.54) is 0 Å². The third-order valence-electron chi connectivity index (χ3n) is 5.16. The molecule has 1 saturated heterocycles. The van der Waals surface area contributed by atoms with E-state index in [0.717, 1.165) is 12.8 Å². The lowest BCUT2D eigenvalue weighted by molar-refractivity contribution is -0.142. The van der Waals surface area contributed by atoms with Crippen LogP contribution in [0.1, 0.15) is 46.0 Å². The Kier molecular flexibility index (Phi) is 6.02. The van der Waals surface area contributed by atoms with Gasteiger partial charge < -0.3 is 14.9 Å². The van der Waals surface area contributed by atoms with Crippen LogP contribution in [0.2, 0.25) is 0 Å². The molecule has 0 unspecified atom stereocenters. The molecule has 0 spiro atoms. The molecule has 2 rings (SSSR count). The molecule has 2 aliphatic rings. The van der Waals surface area contributed by atoms with E-state index in [4.69, 9.17) is 0 Å². The summed E-state index contributed by atoms with van der Waals surface area (Å²) in [5.41, 5.74) is 0. The largest absolute Gasteiger partial charge is 0.481 e. The Balaban J connectivity index is 1.78. The molecule has 6 nitrogen and oxygen atoms in total. The molecule has 0 aromatic heterocycles. The summed E-state index contributed by atoms with van der Waals surface area (Å²) in [6.07, 6.45) is 3.44. The molecule has 2 fully saturated rings. The zero-order valence-corrected chi connectivity index (χ0v) is 14.2. The van der Waals surface area contributed by atoms with Gasteiger partial charge in [0.1, 0.15) is 0 Å². The smallest absolute Gasteiger partial charge is 0.308 e. The number of carbonyl (C=O) groups excluding carboxylic acids is 2. The maximum atomic E-state index is 12.3. The van der Waals surface area contributed by atoms with Gasteiger partial charge in [0.15, 0.2) is 0 Å². The first-order valence-corrected chi connectivity index (χ1v) is 8.76.